The number of nitrogens with two attached hydrogens (primary N) is 1. The quantitative estimate of drug-likeness (QED) is 0.571. The molecule has 0 amide bonds. The number of halogens is 1. The third-order valence-electron chi connectivity index (χ3n) is 2.40. The second-order valence-corrected chi connectivity index (χ2v) is 3.51. The van der Waals surface area contributed by atoms with Crippen LogP contribution in [0.15, 0.2) is 30.4 Å². The molecule has 1 aromatic rings. The van der Waals surface area contributed by atoms with E-state index in [-0.39, 0.29) is 5.82 Å². The van der Waals surface area contributed by atoms with Gasteiger partial charge in [0.05, 0.1) is 0 Å². The minimum Gasteiger partial charge on any atom is -0.398 e. The van der Waals surface area contributed by atoms with Gasteiger partial charge in [0.1, 0.15) is 5.82 Å². The lowest BCUT2D eigenvalue weighted by molar-refractivity contribution is 0.346. The molecule has 0 aliphatic carbocycles. The monoisotopic (exact) mass is 192 g/mol. The van der Waals surface area contributed by atoms with E-state index < -0.39 is 0 Å². The first kappa shape index (κ1) is 9.21. The zero-order chi connectivity index (χ0) is 9.97. The SMILES string of the molecule is Nc1cc(F)ccc1CN1CC=CC1. The molecule has 1 aliphatic rings. The number of nitrogens with zero attached hydrogens (tertiary/aromatic N) is 1. The molecule has 0 unspecified atom stereocenters. The minimum absolute atomic E-state index is 0.272. The topological polar surface area (TPSA) is 29.3 Å². The molecule has 0 spiro atoms. The second kappa shape index (κ2) is 3.80. The van der Waals surface area contributed by atoms with Crippen molar-refractivity contribution in [3.05, 3.63) is 41.7 Å². The average Bonchev–Trinajstić information content (AvgIpc) is 2.62. The van der Waals surface area contributed by atoms with Crippen LogP contribution in [-0.2, 0) is 6.54 Å². The summed E-state index contributed by atoms with van der Waals surface area (Å²) in [6.45, 7) is 2.70. The highest BCUT2D eigenvalue weighted by Gasteiger charge is 2.09. The van der Waals surface area contributed by atoms with Crippen molar-refractivity contribution in [1.29, 1.82) is 0 Å². The lowest BCUT2D eigenvalue weighted by Crippen LogP contribution is -2.19. The molecule has 0 radical (unpaired) electrons. The lowest BCUT2D eigenvalue weighted by atomic mass is 10.1. The van der Waals surface area contributed by atoms with Crippen LogP contribution < -0.4 is 5.73 Å². The van der Waals surface area contributed by atoms with Gasteiger partial charge in [0.25, 0.3) is 0 Å². The van der Waals surface area contributed by atoms with Crippen LogP contribution in [0.5, 0.6) is 0 Å². The Morgan fingerprint density at radius 2 is 2.00 bits per heavy atom. The molecule has 0 saturated carbocycles. The summed E-state index contributed by atoms with van der Waals surface area (Å²) in [4.78, 5) is 2.24. The van der Waals surface area contributed by atoms with Crippen LogP contribution in [0.25, 0.3) is 0 Å². The van der Waals surface area contributed by atoms with Crippen LogP contribution >= 0.6 is 0 Å². The third kappa shape index (κ3) is 1.93. The number of hydrogen-bond donors (Lipinski definition) is 1. The molecule has 1 aromatic carbocycles. The van der Waals surface area contributed by atoms with Gasteiger partial charge < -0.3 is 5.73 Å². The minimum atomic E-state index is -0.272. The van der Waals surface area contributed by atoms with Gasteiger partial charge in [0.15, 0.2) is 0 Å². The molecule has 2 N–H and O–H groups in total. The highest BCUT2D eigenvalue weighted by molar-refractivity contribution is 5.46. The van der Waals surface area contributed by atoms with Gasteiger partial charge in [-0.05, 0) is 17.7 Å². The maximum absolute atomic E-state index is 12.8. The number of nitrogen functional groups attached to an aromatic ring is 1. The van der Waals surface area contributed by atoms with Gasteiger partial charge in [-0.2, -0.15) is 0 Å². The fourth-order valence-corrected chi connectivity index (χ4v) is 1.60. The van der Waals surface area contributed by atoms with Crippen LogP contribution in [0.3, 0.4) is 0 Å². The summed E-state index contributed by atoms with van der Waals surface area (Å²) in [5.74, 6) is -0.272. The Kier molecular flexibility index (Phi) is 2.50. The van der Waals surface area contributed by atoms with E-state index in [2.05, 4.69) is 17.1 Å². The maximum atomic E-state index is 12.8. The van der Waals surface area contributed by atoms with E-state index in [4.69, 9.17) is 5.73 Å². The van der Waals surface area contributed by atoms with E-state index in [1.807, 2.05) is 0 Å². The van der Waals surface area contributed by atoms with E-state index in [1.54, 1.807) is 6.07 Å². The van der Waals surface area contributed by atoms with E-state index in [0.717, 1.165) is 25.2 Å². The summed E-state index contributed by atoms with van der Waals surface area (Å²) >= 11 is 0. The van der Waals surface area contributed by atoms with Crippen LogP contribution in [0.2, 0.25) is 0 Å². The summed E-state index contributed by atoms with van der Waals surface area (Å²) < 4.78 is 12.8. The van der Waals surface area contributed by atoms with E-state index in [9.17, 15) is 4.39 Å². The molecular formula is C11H13FN2. The van der Waals surface area contributed by atoms with Crippen molar-refractivity contribution in [2.75, 3.05) is 18.8 Å². The highest BCUT2D eigenvalue weighted by Crippen LogP contribution is 2.16. The highest BCUT2D eigenvalue weighted by atomic mass is 19.1. The molecule has 1 aliphatic heterocycles. The first-order chi connectivity index (χ1) is 6.75. The van der Waals surface area contributed by atoms with Gasteiger partial charge in [-0.15, -0.1) is 0 Å². The van der Waals surface area contributed by atoms with Crippen molar-refractivity contribution in [2.45, 2.75) is 6.54 Å². The third-order valence-corrected chi connectivity index (χ3v) is 2.40. The fourth-order valence-electron chi connectivity index (χ4n) is 1.60. The van der Waals surface area contributed by atoms with Crippen molar-refractivity contribution >= 4 is 5.69 Å². The number of anilines is 1. The lowest BCUT2D eigenvalue weighted by Gasteiger charge is -2.15. The Morgan fingerprint density at radius 3 is 2.64 bits per heavy atom. The van der Waals surface area contributed by atoms with Crippen LogP contribution in [0, 0.1) is 5.82 Å². The Bertz CT molecular complexity index is 352. The fraction of sp³-hybridized carbons (Fsp3) is 0.273. The molecule has 2 rings (SSSR count). The summed E-state index contributed by atoms with van der Waals surface area (Å²) in [5, 5.41) is 0. The van der Waals surface area contributed by atoms with E-state index >= 15 is 0 Å². The Labute approximate surface area is 82.8 Å². The number of rotatable bonds is 2. The Morgan fingerprint density at radius 1 is 1.29 bits per heavy atom. The Balaban J connectivity index is 2.08. The first-order valence-corrected chi connectivity index (χ1v) is 4.67. The normalized spacial score (nSPS) is 16.4. The van der Waals surface area contributed by atoms with Crippen molar-refractivity contribution in [2.24, 2.45) is 0 Å². The van der Waals surface area contributed by atoms with Gasteiger partial charge >= 0.3 is 0 Å². The average molecular weight is 192 g/mol. The van der Waals surface area contributed by atoms with E-state index in [0.29, 0.717) is 5.69 Å². The summed E-state index contributed by atoms with van der Waals surface area (Å²) in [7, 11) is 0. The smallest absolute Gasteiger partial charge is 0.125 e. The molecule has 0 atom stereocenters. The molecule has 0 saturated heterocycles. The summed E-state index contributed by atoms with van der Waals surface area (Å²) in [6, 6.07) is 4.58. The van der Waals surface area contributed by atoms with Crippen molar-refractivity contribution < 1.29 is 4.39 Å². The van der Waals surface area contributed by atoms with Gasteiger partial charge in [0, 0.05) is 25.3 Å². The molecule has 2 nitrogen and oxygen atoms in total. The Hall–Kier alpha value is -1.35. The van der Waals surface area contributed by atoms with Gasteiger partial charge in [-0.1, -0.05) is 18.2 Å². The van der Waals surface area contributed by atoms with Crippen molar-refractivity contribution in [3.63, 3.8) is 0 Å². The van der Waals surface area contributed by atoms with Crippen LogP contribution in [0.1, 0.15) is 5.56 Å². The molecule has 0 fully saturated rings. The molecule has 0 bridgehead atoms. The van der Waals surface area contributed by atoms with Crippen molar-refractivity contribution in [1.82, 2.24) is 4.90 Å². The standard InChI is InChI=1S/C11H13FN2/c12-10-4-3-9(11(13)7-10)8-14-5-1-2-6-14/h1-4,7H,5-6,8,13H2. The van der Waals surface area contributed by atoms with E-state index in [1.165, 1.54) is 12.1 Å². The molecule has 3 heteroatoms. The molecule has 74 valence electrons. The number of hydrogen-bond acceptors (Lipinski definition) is 2. The zero-order valence-electron chi connectivity index (χ0n) is 7.91. The van der Waals surface area contributed by atoms with Gasteiger partial charge in [-0.3, -0.25) is 4.90 Å². The molecular weight excluding hydrogens is 179 g/mol. The van der Waals surface area contributed by atoms with Gasteiger partial charge in [-0.25, -0.2) is 4.39 Å². The number of benzene rings is 1. The summed E-state index contributed by atoms with van der Waals surface area (Å²) in [5.41, 5.74) is 7.25. The van der Waals surface area contributed by atoms with Crippen LogP contribution in [0.4, 0.5) is 10.1 Å². The molecule has 0 aromatic heterocycles. The molecule has 14 heavy (non-hydrogen) atoms. The predicted molar refractivity (Wildman–Crippen MR) is 55.2 cm³/mol. The van der Waals surface area contributed by atoms with Gasteiger partial charge in [0.2, 0.25) is 0 Å². The molecule has 1 heterocycles. The maximum Gasteiger partial charge on any atom is 0.125 e. The first-order valence-electron chi connectivity index (χ1n) is 4.67. The predicted octanol–water partition coefficient (Wildman–Crippen LogP) is 1.78. The van der Waals surface area contributed by atoms with Crippen molar-refractivity contribution in [3.8, 4) is 0 Å². The van der Waals surface area contributed by atoms with Crippen LogP contribution in [-0.4, -0.2) is 18.0 Å². The zero-order valence-corrected chi connectivity index (χ0v) is 7.91. The summed E-state index contributed by atoms with van der Waals surface area (Å²) in [6.07, 6.45) is 4.25. The second-order valence-electron chi connectivity index (χ2n) is 3.51. The largest absolute Gasteiger partial charge is 0.398 e.